The van der Waals surface area contributed by atoms with Gasteiger partial charge in [0.25, 0.3) is 0 Å². The van der Waals surface area contributed by atoms with E-state index in [1.54, 1.807) is 18.5 Å². The maximum absolute atomic E-state index is 12.9. The molecule has 0 saturated heterocycles. The molecule has 0 amide bonds. The summed E-state index contributed by atoms with van der Waals surface area (Å²) in [7, 11) is 0. The van der Waals surface area contributed by atoms with E-state index in [0.717, 1.165) is 28.0 Å². The van der Waals surface area contributed by atoms with Crippen molar-refractivity contribution < 1.29 is 9.13 Å². The predicted octanol–water partition coefficient (Wildman–Crippen LogP) is 4.91. The molecular weight excluding hydrogens is 329 g/mol. The third-order valence-electron chi connectivity index (χ3n) is 4.07. The van der Waals surface area contributed by atoms with Crippen LogP contribution in [0.3, 0.4) is 0 Å². The summed E-state index contributed by atoms with van der Waals surface area (Å²) in [4.78, 5) is 8.44. The Morgan fingerprint density at radius 3 is 2.75 bits per heavy atom. The summed E-state index contributed by atoms with van der Waals surface area (Å²) < 4.78 is 18.7. The number of halogens is 2. The van der Waals surface area contributed by atoms with E-state index in [4.69, 9.17) is 16.3 Å². The molecule has 0 bridgehead atoms. The highest BCUT2D eigenvalue weighted by molar-refractivity contribution is 6.29. The molecule has 1 aliphatic rings. The summed E-state index contributed by atoms with van der Waals surface area (Å²) in [5.74, 6) is 1.49. The second-order valence-corrected chi connectivity index (χ2v) is 6.23. The molecule has 0 radical (unpaired) electrons. The van der Waals surface area contributed by atoms with Crippen molar-refractivity contribution in [2.75, 3.05) is 5.32 Å². The first kappa shape index (κ1) is 15.1. The van der Waals surface area contributed by atoms with Gasteiger partial charge >= 0.3 is 0 Å². The Labute approximate surface area is 143 Å². The third kappa shape index (κ3) is 3.12. The summed E-state index contributed by atoms with van der Waals surface area (Å²) in [6.45, 7) is 0. The smallest absolute Gasteiger partial charge is 0.138 e. The molecule has 1 N–H and O–H groups in total. The average Bonchev–Trinajstić information content (AvgIpc) is 2.56. The highest BCUT2D eigenvalue weighted by Gasteiger charge is 2.30. The van der Waals surface area contributed by atoms with Gasteiger partial charge in [0.05, 0.1) is 11.9 Å². The minimum atomic E-state index is -0.719. The molecule has 6 heteroatoms. The van der Waals surface area contributed by atoms with Gasteiger partial charge in [-0.05, 0) is 41.8 Å². The number of anilines is 2. The maximum Gasteiger partial charge on any atom is 0.138 e. The van der Waals surface area contributed by atoms with Crippen molar-refractivity contribution in [1.29, 1.82) is 0 Å². The van der Waals surface area contributed by atoms with Crippen LogP contribution in [0.1, 0.15) is 12.8 Å². The molecule has 0 unspecified atom stereocenters. The molecule has 0 spiro atoms. The van der Waals surface area contributed by atoms with Gasteiger partial charge in [-0.3, -0.25) is 0 Å². The second kappa shape index (κ2) is 6.24. The lowest BCUT2D eigenvalue weighted by Crippen LogP contribution is -2.34. The molecule has 122 valence electrons. The maximum atomic E-state index is 12.9. The zero-order valence-electron chi connectivity index (χ0n) is 12.7. The van der Waals surface area contributed by atoms with Crippen LogP contribution >= 0.6 is 11.6 Å². The summed E-state index contributed by atoms with van der Waals surface area (Å²) in [6.07, 6.45) is 3.61. The Kier molecular flexibility index (Phi) is 3.94. The number of benzene rings is 1. The van der Waals surface area contributed by atoms with E-state index in [1.807, 2.05) is 30.3 Å². The van der Waals surface area contributed by atoms with Crippen LogP contribution < -0.4 is 10.1 Å². The number of nitrogens with zero attached hydrogens (tertiary/aromatic N) is 2. The predicted molar refractivity (Wildman–Crippen MR) is 92.8 cm³/mol. The van der Waals surface area contributed by atoms with Crippen LogP contribution in [-0.2, 0) is 0 Å². The van der Waals surface area contributed by atoms with Crippen molar-refractivity contribution in [1.82, 2.24) is 9.97 Å². The highest BCUT2D eigenvalue weighted by Crippen LogP contribution is 2.31. The lowest BCUT2D eigenvalue weighted by atomic mass is 9.93. The fourth-order valence-electron chi connectivity index (χ4n) is 2.71. The number of hydrogen-bond donors (Lipinski definition) is 1. The number of fused-ring (bicyclic) bond motifs is 1. The summed E-state index contributed by atoms with van der Waals surface area (Å²) in [5, 5.41) is 5.66. The zero-order chi connectivity index (χ0) is 16.5. The molecule has 1 saturated carbocycles. The fraction of sp³-hybridized carbons (Fsp3) is 0.222. The normalized spacial score (nSPS) is 19.8. The molecule has 2 aromatic heterocycles. The molecule has 2 heterocycles. The van der Waals surface area contributed by atoms with Gasteiger partial charge in [-0.1, -0.05) is 11.6 Å². The molecule has 4 nitrogen and oxygen atoms in total. The number of alkyl halides is 1. The minimum absolute atomic E-state index is 0.0166. The minimum Gasteiger partial charge on any atom is -0.490 e. The summed E-state index contributed by atoms with van der Waals surface area (Å²) >= 11 is 5.80. The Balaban J connectivity index is 1.59. The van der Waals surface area contributed by atoms with Crippen molar-refractivity contribution in [2.45, 2.75) is 25.1 Å². The first-order chi connectivity index (χ1) is 11.7. The van der Waals surface area contributed by atoms with Crippen molar-refractivity contribution in [3.05, 3.63) is 53.9 Å². The van der Waals surface area contributed by atoms with Gasteiger partial charge in [0.15, 0.2) is 0 Å². The van der Waals surface area contributed by atoms with E-state index in [0.29, 0.717) is 18.0 Å². The van der Waals surface area contributed by atoms with Gasteiger partial charge in [-0.15, -0.1) is 0 Å². The van der Waals surface area contributed by atoms with Gasteiger partial charge < -0.3 is 10.1 Å². The first-order valence-electron chi connectivity index (χ1n) is 7.75. The monoisotopic (exact) mass is 343 g/mol. The molecule has 1 fully saturated rings. The van der Waals surface area contributed by atoms with E-state index in [2.05, 4.69) is 15.3 Å². The Hall–Kier alpha value is -2.40. The molecule has 4 rings (SSSR count). The Bertz CT molecular complexity index is 866. The molecule has 1 aliphatic carbocycles. The molecule has 0 atom stereocenters. The summed E-state index contributed by atoms with van der Waals surface area (Å²) in [5.41, 5.74) is 0.809. The van der Waals surface area contributed by atoms with E-state index in [1.165, 1.54) is 0 Å². The Morgan fingerprint density at radius 1 is 1.12 bits per heavy atom. The molecule has 3 aromatic rings. The van der Waals surface area contributed by atoms with Gasteiger partial charge in [0, 0.05) is 24.4 Å². The molecule has 1 aromatic carbocycles. The topological polar surface area (TPSA) is 47.0 Å². The van der Waals surface area contributed by atoms with Crippen molar-refractivity contribution in [3.63, 3.8) is 0 Å². The number of aromatic nitrogens is 2. The number of rotatable bonds is 4. The third-order valence-corrected chi connectivity index (χ3v) is 4.29. The largest absolute Gasteiger partial charge is 0.490 e. The Morgan fingerprint density at radius 2 is 2.00 bits per heavy atom. The average molecular weight is 344 g/mol. The van der Waals surface area contributed by atoms with Gasteiger partial charge in [0.2, 0.25) is 0 Å². The van der Waals surface area contributed by atoms with Crippen molar-refractivity contribution >= 4 is 33.9 Å². The van der Waals surface area contributed by atoms with E-state index in [9.17, 15) is 4.39 Å². The van der Waals surface area contributed by atoms with Crippen LogP contribution in [-0.4, -0.2) is 22.2 Å². The lowest BCUT2D eigenvalue weighted by molar-refractivity contribution is 0.0411. The van der Waals surface area contributed by atoms with Crippen LogP contribution in [0.25, 0.3) is 10.8 Å². The van der Waals surface area contributed by atoms with Crippen LogP contribution in [0.4, 0.5) is 15.9 Å². The number of ether oxygens (including phenoxy) is 1. The lowest BCUT2D eigenvalue weighted by Gasteiger charge is -2.30. The molecule has 0 aliphatic heterocycles. The fourth-order valence-corrected chi connectivity index (χ4v) is 2.82. The van der Waals surface area contributed by atoms with Gasteiger partial charge in [-0.2, -0.15) is 0 Å². The zero-order valence-corrected chi connectivity index (χ0v) is 13.5. The van der Waals surface area contributed by atoms with Crippen LogP contribution in [0.2, 0.25) is 5.15 Å². The van der Waals surface area contributed by atoms with Crippen molar-refractivity contribution in [2.24, 2.45) is 0 Å². The number of hydrogen-bond acceptors (Lipinski definition) is 4. The standard InChI is InChI=1S/C18H15ClFN3O/c19-17-4-1-13(10-22-17)23-18-16-3-2-14(7-11(16)5-6-21-18)24-15-8-12(20)9-15/h1-7,10,12,15H,8-9H2,(H,21,23). The molecule has 24 heavy (non-hydrogen) atoms. The quantitative estimate of drug-likeness (QED) is 0.684. The van der Waals surface area contributed by atoms with Crippen LogP contribution in [0.5, 0.6) is 5.75 Å². The first-order valence-corrected chi connectivity index (χ1v) is 8.13. The van der Waals surface area contributed by atoms with Gasteiger partial charge in [-0.25, -0.2) is 14.4 Å². The van der Waals surface area contributed by atoms with Crippen molar-refractivity contribution in [3.8, 4) is 5.75 Å². The highest BCUT2D eigenvalue weighted by atomic mass is 35.5. The molecular formula is C18H15ClFN3O. The number of pyridine rings is 2. The van der Waals surface area contributed by atoms with E-state index < -0.39 is 6.17 Å². The van der Waals surface area contributed by atoms with Gasteiger partial charge in [0.1, 0.15) is 29.0 Å². The SMILES string of the molecule is FC1CC(Oc2ccc3c(Nc4ccc(Cl)nc4)nccc3c2)C1. The van der Waals surface area contributed by atoms with E-state index >= 15 is 0 Å². The van der Waals surface area contributed by atoms with Crippen LogP contribution in [0, 0.1) is 0 Å². The summed E-state index contributed by atoms with van der Waals surface area (Å²) in [6, 6.07) is 11.3. The number of nitrogens with one attached hydrogen (secondary N) is 1. The van der Waals surface area contributed by atoms with E-state index in [-0.39, 0.29) is 6.10 Å². The second-order valence-electron chi connectivity index (χ2n) is 5.85. The van der Waals surface area contributed by atoms with Crippen LogP contribution in [0.15, 0.2) is 48.8 Å².